The van der Waals surface area contributed by atoms with Crippen LogP contribution in [0.4, 0.5) is 18.9 Å². The van der Waals surface area contributed by atoms with Crippen LogP contribution in [0.25, 0.3) is 0 Å². The lowest BCUT2D eigenvalue weighted by molar-refractivity contribution is -0.138. The number of unbranched alkanes of at least 4 members (excludes halogenated alkanes) is 3. The van der Waals surface area contributed by atoms with Crippen molar-refractivity contribution in [1.82, 2.24) is 0 Å². The highest BCUT2D eigenvalue weighted by atomic mass is 19.4. The number of aliphatic hydroxyl groups excluding tert-OH is 1. The second-order valence-corrected chi connectivity index (χ2v) is 4.24. The molecule has 19 heavy (non-hydrogen) atoms. The molecule has 0 aliphatic carbocycles. The van der Waals surface area contributed by atoms with Gasteiger partial charge in [0.1, 0.15) is 5.75 Å². The number of halogens is 3. The minimum absolute atomic E-state index is 0.0580. The number of hydrogen-bond acceptors (Lipinski definition) is 3. The van der Waals surface area contributed by atoms with Gasteiger partial charge in [0.05, 0.1) is 12.2 Å². The number of hydrogen-bond donors (Lipinski definition) is 2. The molecular weight excluding hydrogens is 259 g/mol. The van der Waals surface area contributed by atoms with E-state index >= 15 is 0 Å². The zero-order valence-electron chi connectivity index (χ0n) is 10.5. The summed E-state index contributed by atoms with van der Waals surface area (Å²) in [5, 5.41) is 8.58. The standard InChI is InChI=1S/C13H18F3NO2/c14-13(15,16)11-9-10(17)5-6-12(11)19-8-4-2-1-3-7-18/h5-6,9,18H,1-4,7-8,17H2. The number of anilines is 1. The van der Waals surface area contributed by atoms with E-state index in [2.05, 4.69) is 0 Å². The Morgan fingerprint density at radius 3 is 2.42 bits per heavy atom. The fourth-order valence-electron chi connectivity index (χ4n) is 1.64. The van der Waals surface area contributed by atoms with Crippen molar-refractivity contribution in [1.29, 1.82) is 0 Å². The number of benzene rings is 1. The molecule has 0 radical (unpaired) electrons. The highest BCUT2D eigenvalue weighted by molar-refractivity contribution is 5.49. The summed E-state index contributed by atoms with van der Waals surface area (Å²) in [5.41, 5.74) is 4.57. The minimum Gasteiger partial charge on any atom is -0.493 e. The molecule has 0 heterocycles. The number of rotatable bonds is 7. The fourth-order valence-corrected chi connectivity index (χ4v) is 1.64. The molecule has 0 fully saturated rings. The van der Waals surface area contributed by atoms with Crippen molar-refractivity contribution in [2.45, 2.75) is 31.9 Å². The van der Waals surface area contributed by atoms with E-state index in [-0.39, 0.29) is 24.7 Å². The van der Waals surface area contributed by atoms with Gasteiger partial charge in [0.2, 0.25) is 0 Å². The van der Waals surface area contributed by atoms with Crippen molar-refractivity contribution in [2.75, 3.05) is 18.9 Å². The van der Waals surface area contributed by atoms with Crippen molar-refractivity contribution in [3.05, 3.63) is 23.8 Å². The average Bonchev–Trinajstić information content (AvgIpc) is 2.34. The first-order valence-corrected chi connectivity index (χ1v) is 6.15. The van der Waals surface area contributed by atoms with E-state index in [0.717, 1.165) is 18.9 Å². The van der Waals surface area contributed by atoms with Crippen LogP contribution in [0.3, 0.4) is 0 Å². The first-order valence-electron chi connectivity index (χ1n) is 6.15. The average molecular weight is 277 g/mol. The van der Waals surface area contributed by atoms with Gasteiger partial charge >= 0.3 is 6.18 Å². The Bertz CT molecular complexity index is 394. The molecule has 0 aliphatic heterocycles. The van der Waals surface area contributed by atoms with Gasteiger partial charge in [0.25, 0.3) is 0 Å². The second kappa shape index (κ2) is 7.23. The quantitative estimate of drug-likeness (QED) is 0.594. The Morgan fingerprint density at radius 2 is 1.79 bits per heavy atom. The molecule has 0 spiro atoms. The van der Waals surface area contributed by atoms with Crippen LogP contribution < -0.4 is 10.5 Å². The maximum Gasteiger partial charge on any atom is 0.420 e. The van der Waals surface area contributed by atoms with Crippen molar-refractivity contribution in [3.63, 3.8) is 0 Å². The molecule has 0 bridgehead atoms. The summed E-state index contributed by atoms with van der Waals surface area (Å²) in [5.74, 6) is -0.191. The lowest BCUT2D eigenvalue weighted by atomic mass is 10.1. The Labute approximate surface area is 110 Å². The predicted molar refractivity (Wildman–Crippen MR) is 66.9 cm³/mol. The van der Waals surface area contributed by atoms with Crippen molar-refractivity contribution >= 4 is 5.69 Å². The summed E-state index contributed by atoms with van der Waals surface area (Å²) in [6.45, 7) is 0.357. The molecule has 3 N–H and O–H groups in total. The molecule has 0 saturated carbocycles. The van der Waals surface area contributed by atoms with Gasteiger partial charge in [-0.05, 0) is 37.5 Å². The van der Waals surface area contributed by atoms with Crippen LogP contribution in [0.5, 0.6) is 5.75 Å². The molecule has 0 aromatic heterocycles. The van der Waals surface area contributed by atoms with E-state index in [4.69, 9.17) is 15.6 Å². The summed E-state index contributed by atoms with van der Waals surface area (Å²) in [4.78, 5) is 0. The lowest BCUT2D eigenvalue weighted by Crippen LogP contribution is -2.10. The van der Waals surface area contributed by atoms with Gasteiger partial charge in [0.15, 0.2) is 0 Å². The Balaban J connectivity index is 2.54. The smallest absolute Gasteiger partial charge is 0.420 e. The van der Waals surface area contributed by atoms with Crippen LogP contribution in [-0.4, -0.2) is 18.3 Å². The second-order valence-electron chi connectivity index (χ2n) is 4.24. The van der Waals surface area contributed by atoms with Crippen LogP contribution in [0, 0.1) is 0 Å². The Kier molecular flexibility index (Phi) is 5.95. The summed E-state index contributed by atoms with van der Waals surface area (Å²) >= 11 is 0. The van der Waals surface area contributed by atoms with Gasteiger partial charge in [-0.2, -0.15) is 13.2 Å². The van der Waals surface area contributed by atoms with Crippen LogP contribution in [0.1, 0.15) is 31.2 Å². The van der Waals surface area contributed by atoms with Crippen LogP contribution in [0.15, 0.2) is 18.2 Å². The highest BCUT2D eigenvalue weighted by Gasteiger charge is 2.34. The van der Waals surface area contributed by atoms with Crippen molar-refractivity contribution < 1.29 is 23.0 Å². The highest BCUT2D eigenvalue weighted by Crippen LogP contribution is 2.37. The zero-order valence-corrected chi connectivity index (χ0v) is 10.5. The van der Waals surface area contributed by atoms with Gasteiger partial charge < -0.3 is 15.6 Å². The minimum atomic E-state index is -4.47. The number of nitrogen functional groups attached to an aromatic ring is 1. The molecule has 0 atom stereocenters. The number of nitrogens with two attached hydrogens (primary N) is 1. The molecule has 1 aromatic rings. The Morgan fingerprint density at radius 1 is 1.11 bits per heavy atom. The number of aliphatic hydroxyl groups is 1. The lowest BCUT2D eigenvalue weighted by Gasteiger charge is -2.14. The number of ether oxygens (including phenoxy) is 1. The number of alkyl halides is 3. The van der Waals surface area contributed by atoms with Gasteiger partial charge in [-0.15, -0.1) is 0 Å². The zero-order chi connectivity index (χ0) is 14.3. The first-order chi connectivity index (χ1) is 8.95. The third-order valence-electron chi connectivity index (χ3n) is 2.62. The van der Waals surface area contributed by atoms with Crippen LogP contribution in [-0.2, 0) is 6.18 Å². The summed E-state index contributed by atoms with van der Waals surface area (Å²) < 4.78 is 43.4. The molecule has 108 valence electrons. The van der Waals surface area contributed by atoms with E-state index in [1.54, 1.807) is 0 Å². The van der Waals surface area contributed by atoms with Crippen LogP contribution in [0.2, 0.25) is 0 Å². The van der Waals surface area contributed by atoms with E-state index in [0.29, 0.717) is 12.8 Å². The normalized spacial score (nSPS) is 11.6. The summed E-state index contributed by atoms with van der Waals surface area (Å²) in [6, 6.07) is 3.50. The van der Waals surface area contributed by atoms with Crippen LogP contribution >= 0.6 is 0 Å². The van der Waals surface area contributed by atoms with Crippen molar-refractivity contribution in [2.24, 2.45) is 0 Å². The maximum atomic E-state index is 12.7. The molecule has 0 unspecified atom stereocenters. The molecule has 0 saturated heterocycles. The van der Waals surface area contributed by atoms with Crippen molar-refractivity contribution in [3.8, 4) is 5.75 Å². The monoisotopic (exact) mass is 277 g/mol. The molecule has 6 heteroatoms. The van der Waals surface area contributed by atoms with Gasteiger partial charge in [-0.25, -0.2) is 0 Å². The fraction of sp³-hybridized carbons (Fsp3) is 0.538. The topological polar surface area (TPSA) is 55.5 Å². The Hall–Kier alpha value is -1.43. The van der Waals surface area contributed by atoms with Gasteiger partial charge in [-0.1, -0.05) is 6.42 Å². The third kappa shape index (κ3) is 5.38. The van der Waals surface area contributed by atoms with Gasteiger partial charge in [0, 0.05) is 12.3 Å². The van der Waals surface area contributed by atoms with E-state index < -0.39 is 11.7 Å². The molecular formula is C13H18F3NO2. The molecule has 1 rings (SSSR count). The maximum absolute atomic E-state index is 12.7. The molecule has 0 amide bonds. The molecule has 1 aromatic carbocycles. The third-order valence-corrected chi connectivity index (χ3v) is 2.62. The summed E-state index contributed by atoms with van der Waals surface area (Å²) in [6.07, 6.45) is -1.45. The molecule has 3 nitrogen and oxygen atoms in total. The van der Waals surface area contributed by atoms with Gasteiger partial charge in [-0.3, -0.25) is 0 Å². The molecule has 0 aliphatic rings. The predicted octanol–water partition coefficient (Wildman–Crippen LogP) is 3.22. The SMILES string of the molecule is Nc1ccc(OCCCCCCO)c(C(F)(F)F)c1. The van der Waals surface area contributed by atoms with E-state index in [1.807, 2.05) is 0 Å². The van der Waals surface area contributed by atoms with E-state index in [1.165, 1.54) is 12.1 Å². The first kappa shape index (κ1) is 15.6. The van der Waals surface area contributed by atoms with E-state index in [9.17, 15) is 13.2 Å². The summed E-state index contributed by atoms with van der Waals surface area (Å²) in [7, 11) is 0. The largest absolute Gasteiger partial charge is 0.493 e.